The SMILES string of the molecule is CC(=O)NC1CC(N=Nc2snc3ccc(S(=O)(=O)NC4CC(C)(C)NC(C)(C)C4)cc23)CC(NC(C)=O)C1O. The zero-order valence-electron chi connectivity index (χ0n) is 23.7. The third kappa shape index (κ3) is 7.40. The average Bonchev–Trinajstić information content (AvgIpc) is 3.19. The maximum atomic E-state index is 13.4. The van der Waals surface area contributed by atoms with Crippen molar-refractivity contribution in [1.82, 2.24) is 25.0 Å². The first-order valence-corrected chi connectivity index (χ1v) is 15.6. The van der Waals surface area contributed by atoms with Crippen LogP contribution in [-0.4, -0.2) is 71.1 Å². The first-order valence-electron chi connectivity index (χ1n) is 13.4. The summed E-state index contributed by atoms with van der Waals surface area (Å²) in [6.07, 6.45) is 1.03. The lowest BCUT2D eigenvalue weighted by molar-refractivity contribution is -0.122. The van der Waals surface area contributed by atoms with Crippen molar-refractivity contribution in [2.75, 3.05) is 0 Å². The molecule has 0 bridgehead atoms. The Bertz CT molecular complexity index is 1360. The Balaban J connectivity index is 1.55. The molecule has 0 spiro atoms. The van der Waals surface area contributed by atoms with Gasteiger partial charge in [0.15, 0.2) is 5.00 Å². The largest absolute Gasteiger partial charge is 0.389 e. The highest BCUT2D eigenvalue weighted by Gasteiger charge is 2.40. The second kappa shape index (κ2) is 11.4. The lowest BCUT2D eigenvalue weighted by atomic mass is 9.80. The molecule has 2 amide bonds. The number of carbonyl (C=O) groups is 2. The van der Waals surface area contributed by atoms with Crippen LogP contribution in [-0.2, 0) is 19.6 Å². The lowest BCUT2D eigenvalue weighted by Gasteiger charge is -2.46. The number of azo groups is 1. The summed E-state index contributed by atoms with van der Waals surface area (Å²) in [5, 5.41) is 29.5. The molecule has 2 fully saturated rings. The molecule has 2 atom stereocenters. The van der Waals surface area contributed by atoms with Gasteiger partial charge in [0.1, 0.15) is 0 Å². The van der Waals surface area contributed by atoms with E-state index in [0.717, 1.165) is 11.5 Å². The number of aliphatic hydroxyl groups is 1. The number of fused-ring (bicyclic) bond motifs is 1. The van der Waals surface area contributed by atoms with Gasteiger partial charge in [0.2, 0.25) is 21.8 Å². The van der Waals surface area contributed by atoms with Crippen LogP contribution in [0.3, 0.4) is 0 Å². The van der Waals surface area contributed by atoms with Crippen LogP contribution in [0.4, 0.5) is 5.00 Å². The molecule has 12 nitrogen and oxygen atoms in total. The van der Waals surface area contributed by atoms with E-state index in [1.165, 1.54) is 13.8 Å². The number of aliphatic hydroxyl groups excluding tert-OH is 1. The number of nitrogens with zero attached hydrogens (tertiary/aromatic N) is 3. The summed E-state index contributed by atoms with van der Waals surface area (Å²) in [6.45, 7) is 11.0. The Morgan fingerprint density at radius 3 is 2.17 bits per heavy atom. The molecule has 2 aromatic rings. The first-order chi connectivity index (χ1) is 18.5. The smallest absolute Gasteiger partial charge is 0.240 e. The summed E-state index contributed by atoms with van der Waals surface area (Å²) < 4.78 is 34.1. The number of rotatable bonds is 7. The van der Waals surface area contributed by atoms with Gasteiger partial charge < -0.3 is 21.1 Å². The van der Waals surface area contributed by atoms with Gasteiger partial charge in [0.25, 0.3) is 0 Å². The van der Waals surface area contributed by atoms with E-state index in [9.17, 15) is 23.1 Å². The maximum Gasteiger partial charge on any atom is 0.240 e. The molecule has 2 heterocycles. The van der Waals surface area contributed by atoms with Gasteiger partial charge in [0, 0.05) is 36.4 Å². The Morgan fingerprint density at radius 1 is 1.05 bits per heavy atom. The molecule has 1 aromatic heterocycles. The van der Waals surface area contributed by atoms with Gasteiger partial charge in [-0.25, -0.2) is 13.1 Å². The summed E-state index contributed by atoms with van der Waals surface area (Å²) in [6, 6.07) is 2.96. The number of hydrogen-bond donors (Lipinski definition) is 5. The molecule has 220 valence electrons. The van der Waals surface area contributed by atoms with E-state index in [4.69, 9.17) is 0 Å². The topological polar surface area (TPSA) is 174 Å². The van der Waals surface area contributed by atoms with E-state index in [-0.39, 0.29) is 33.8 Å². The average molecular weight is 594 g/mol. The number of hydrogen-bond acceptors (Lipinski definition) is 10. The lowest BCUT2D eigenvalue weighted by Crippen LogP contribution is -2.62. The van der Waals surface area contributed by atoms with E-state index in [1.54, 1.807) is 18.2 Å². The molecule has 1 saturated heterocycles. The van der Waals surface area contributed by atoms with Crippen LogP contribution < -0.4 is 20.7 Å². The molecule has 4 rings (SSSR count). The number of benzene rings is 1. The summed E-state index contributed by atoms with van der Waals surface area (Å²) in [5.41, 5.74) is 0.182. The molecular weight excluding hydrogens is 554 g/mol. The van der Waals surface area contributed by atoms with Crippen molar-refractivity contribution < 1.29 is 23.1 Å². The monoisotopic (exact) mass is 593 g/mol. The molecule has 5 N–H and O–H groups in total. The Kier molecular flexibility index (Phi) is 8.67. The molecule has 14 heteroatoms. The van der Waals surface area contributed by atoms with Gasteiger partial charge in [-0.15, -0.1) is 5.11 Å². The predicted octanol–water partition coefficient (Wildman–Crippen LogP) is 2.50. The van der Waals surface area contributed by atoms with Crippen LogP contribution in [0, 0.1) is 0 Å². The quantitative estimate of drug-likeness (QED) is 0.307. The van der Waals surface area contributed by atoms with Gasteiger partial charge in [-0.05, 0) is 83.1 Å². The van der Waals surface area contributed by atoms with E-state index in [2.05, 4.69) is 63.0 Å². The van der Waals surface area contributed by atoms with Crippen molar-refractivity contribution >= 4 is 49.3 Å². The fourth-order valence-corrected chi connectivity index (χ4v) is 8.07. The fourth-order valence-electron chi connectivity index (χ4n) is 6.12. The summed E-state index contributed by atoms with van der Waals surface area (Å²) in [5.74, 6) is -0.591. The third-order valence-corrected chi connectivity index (χ3v) is 9.50. The van der Waals surface area contributed by atoms with Gasteiger partial charge in [-0.2, -0.15) is 9.49 Å². The van der Waals surface area contributed by atoms with Crippen molar-refractivity contribution in [2.45, 2.75) is 113 Å². The first kappa shape index (κ1) is 30.4. The van der Waals surface area contributed by atoms with Crippen LogP contribution in [0.15, 0.2) is 33.3 Å². The van der Waals surface area contributed by atoms with E-state index in [0.29, 0.717) is 41.6 Å². The van der Waals surface area contributed by atoms with Crippen LogP contribution in [0.2, 0.25) is 0 Å². The van der Waals surface area contributed by atoms with Gasteiger partial charge in [-0.3, -0.25) is 9.59 Å². The number of nitrogens with one attached hydrogen (secondary N) is 4. The van der Waals surface area contributed by atoms with Gasteiger partial charge in [-0.1, -0.05) is 0 Å². The number of sulfonamides is 1. The van der Waals surface area contributed by atoms with Crippen molar-refractivity contribution in [1.29, 1.82) is 0 Å². The molecule has 2 unspecified atom stereocenters. The van der Waals surface area contributed by atoms with Crippen molar-refractivity contribution in [3.05, 3.63) is 18.2 Å². The van der Waals surface area contributed by atoms with Crippen LogP contribution >= 0.6 is 11.5 Å². The molecule has 1 aromatic carbocycles. The zero-order chi connectivity index (χ0) is 29.5. The molecule has 1 aliphatic heterocycles. The van der Waals surface area contributed by atoms with Gasteiger partial charge in [0.05, 0.1) is 34.6 Å². The summed E-state index contributed by atoms with van der Waals surface area (Å²) in [7, 11) is -3.81. The fraction of sp³-hybridized carbons (Fsp3) is 0.654. The molecule has 1 aliphatic carbocycles. The van der Waals surface area contributed by atoms with Gasteiger partial charge >= 0.3 is 0 Å². The molecule has 0 radical (unpaired) electrons. The Morgan fingerprint density at radius 2 is 1.62 bits per heavy atom. The van der Waals surface area contributed by atoms with Crippen molar-refractivity contribution in [3.8, 4) is 0 Å². The highest BCUT2D eigenvalue weighted by molar-refractivity contribution is 7.89. The van der Waals surface area contributed by atoms with E-state index >= 15 is 0 Å². The molecule has 1 saturated carbocycles. The predicted molar refractivity (Wildman–Crippen MR) is 153 cm³/mol. The summed E-state index contributed by atoms with van der Waals surface area (Å²) >= 11 is 1.11. The molecule has 2 aliphatic rings. The Labute approximate surface area is 239 Å². The maximum absolute atomic E-state index is 13.4. The third-order valence-electron chi connectivity index (χ3n) is 7.22. The minimum Gasteiger partial charge on any atom is -0.389 e. The zero-order valence-corrected chi connectivity index (χ0v) is 25.3. The minimum absolute atomic E-state index is 0.128. The minimum atomic E-state index is -3.81. The Hall–Kier alpha value is -2.52. The highest BCUT2D eigenvalue weighted by Crippen LogP contribution is 2.35. The number of amides is 2. The number of carbonyl (C=O) groups excluding carboxylic acids is 2. The molecular formula is C26H39N7O5S2. The highest BCUT2D eigenvalue weighted by atomic mass is 32.2. The van der Waals surface area contributed by atoms with Crippen molar-refractivity contribution in [2.24, 2.45) is 10.2 Å². The van der Waals surface area contributed by atoms with Crippen LogP contribution in [0.25, 0.3) is 10.9 Å². The van der Waals surface area contributed by atoms with Crippen LogP contribution in [0.1, 0.15) is 67.2 Å². The van der Waals surface area contributed by atoms with Crippen molar-refractivity contribution in [3.63, 3.8) is 0 Å². The second-order valence-electron chi connectivity index (χ2n) is 12.2. The normalized spacial score (nSPS) is 27.1. The van der Waals surface area contributed by atoms with Crippen LogP contribution in [0.5, 0.6) is 0 Å². The summed E-state index contributed by atoms with van der Waals surface area (Å²) in [4.78, 5) is 23.4. The van der Waals surface area contributed by atoms with E-state index < -0.39 is 34.3 Å². The molecule has 40 heavy (non-hydrogen) atoms. The second-order valence-corrected chi connectivity index (χ2v) is 14.7. The van der Waals surface area contributed by atoms with E-state index in [1.807, 2.05) is 0 Å². The standard InChI is InChI=1S/C26H39N7O5S2/c1-14(34)27-21-9-16(10-22(23(21)36)28-15(2)35)29-30-24-19-11-18(7-8-20(19)31-39-24)40(37,38)32-17-12-25(3,4)33-26(5,6)13-17/h7-8,11,16-17,21-23,32-33,36H,9-10,12-13H2,1-6H3,(H,27,34)(H,28,35). The number of piperidine rings is 1. The number of aromatic nitrogens is 1.